The number of benzene rings is 3. The summed E-state index contributed by atoms with van der Waals surface area (Å²) in [6, 6.07) is 19.6. The molecule has 0 spiro atoms. The monoisotopic (exact) mass is 508 g/mol. The van der Waals surface area contributed by atoms with Gasteiger partial charge >= 0.3 is 0 Å². The Morgan fingerprint density at radius 1 is 0.828 bits per heavy atom. The lowest BCUT2D eigenvalue weighted by atomic mass is 10.1. The third kappa shape index (κ3) is 5.80. The summed E-state index contributed by atoms with van der Waals surface area (Å²) in [5.41, 5.74) is 1.39. The second kappa shape index (κ2) is 9.26. The van der Waals surface area contributed by atoms with Gasteiger partial charge in [-0.25, -0.2) is 8.42 Å². The number of hydrogen-bond acceptors (Lipinski definition) is 3. The zero-order valence-corrected chi connectivity index (χ0v) is 18.9. The molecule has 0 aromatic heterocycles. The van der Waals surface area contributed by atoms with Crippen LogP contribution in [-0.4, -0.2) is 14.2 Å². The Bertz CT molecular complexity index is 1150. The van der Waals surface area contributed by atoms with E-state index in [-0.39, 0.29) is 16.2 Å². The van der Waals surface area contributed by atoms with E-state index in [1.165, 1.54) is 18.2 Å². The standard InChI is InChI=1S/C22H15BrCl2O3S/c23-18-7-1-15(2-8-18)13-21(22(26)17-5-11-20(25)12-6-17)29(27,28)14-16-3-9-19(24)10-4-16/h1-13H,14H2/b21-13-. The van der Waals surface area contributed by atoms with Crippen molar-refractivity contribution in [1.82, 2.24) is 0 Å². The van der Waals surface area contributed by atoms with E-state index in [4.69, 9.17) is 23.2 Å². The van der Waals surface area contributed by atoms with E-state index in [0.717, 1.165) is 4.47 Å². The van der Waals surface area contributed by atoms with Crippen LogP contribution in [0.4, 0.5) is 0 Å². The highest BCUT2D eigenvalue weighted by atomic mass is 79.9. The van der Waals surface area contributed by atoms with E-state index >= 15 is 0 Å². The van der Waals surface area contributed by atoms with Gasteiger partial charge in [0.2, 0.25) is 5.78 Å². The number of halogens is 3. The molecule has 0 aliphatic rings. The van der Waals surface area contributed by atoms with Crippen molar-refractivity contribution in [1.29, 1.82) is 0 Å². The molecule has 3 aromatic rings. The number of ketones is 1. The van der Waals surface area contributed by atoms with E-state index in [9.17, 15) is 13.2 Å². The Balaban J connectivity index is 2.05. The van der Waals surface area contributed by atoms with Gasteiger partial charge in [-0.3, -0.25) is 4.79 Å². The first-order valence-electron chi connectivity index (χ1n) is 8.49. The maximum absolute atomic E-state index is 13.2. The Hall–Kier alpha value is -1.92. The molecule has 3 nitrogen and oxygen atoms in total. The normalized spacial score (nSPS) is 12.0. The average Bonchev–Trinajstić information content (AvgIpc) is 2.69. The molecule has 0 amide bonds. The van der Waals surface area contributed by atoms with Crippen LogP contribution in [0.25, 0.3) is 6.08 Å². The zero-order valence-electron chi connectivity index (χ0n) is 15.0. The molecule has 3 aromatic carbocycles. The van der Waals surface area contributed by atoms with Crippen molar-refractivity contribution in [2.45, 2.75) is 5.75 Å². The van der Waals surface area contributed by atoms with Crippen LogP contribution in [0.15, 0.2) is 82.2 Å². The molecule has 0 aliphatic carbocycles. The van der Waals surface area contributed by atoms with Gasteiger partial charge in [0.15, 0.2) is 9.84 Å². The number of sulfone groups is 1. The lowest BCUT2D eigenvalue weighted by Crippen LogP contribution is -2.16. The average molecular weight is 510 g/mol. The number of carbonyl (C=O) groups excluding carboxylic acids is 1. The lowest BCUT2D eigenvalue weighted by molar-refractivity contribution is 0.104. The number of carbonyl (C=O) groups is 1. The molecule has 7 heteroatoms. The Morgan fingerprint density at radius 3 is 1.90 bits per heavy atom. The van der Waals surface area contributed by atoms with Crippen LogP contribution in [0.3, 0.4) is 0 Å². The fraction of sp³-hybridized carbons (Fsp3) is 0.0455. The molecule has 3 rings (SSSR count). The number of hydrogen-bond donors (Lipinski definition) is 0. The van der Waals surface area contributed by atoms with E-state index in [1.54, 1.807) is 60.7 Å². The second-order valence-corrected chi connectivity index (χ2v) is 10.0. The van der Waals surface area contributed by atoms with Crippen molar-refractivity contribution < 1.29 is 13.2 Å². The van der Waals surface area contributed by atoms with Gasteiger partial charge in [-0.15, -0.1) is 0 Å². The van der Waals surface area contributed by atoms with Crippen molar-refractivity contribution in [3.8, 4) is 0 Å². The molecule has 0 heterocycles. The summed E-state index contributed by atoms with van der Waals surface area (Å²) in [6.07, 6.45) is 1.40. The van der Waals surface area contributed by atoms with Crippen LogP contribution in [0.1, 0.15) is 21.5 Å². The SMILES string of the molecule is O=C(/C(=C/c1ccc(Br)cc1)S(=O)(=O)Cc1ccc(Cl)cc1)c1ccc(Cl)cc1. The largest absolute Gasteiger partial charge is 0.288 e. The van der Waals surface area contributed by atoms with Crippen LogP contribution in [0.2, 0.25) is 10.0 Å². The molecule has 29 heavy (non-hydrogen) atoms. The quantitative estimate of drug-likeness (QED) is 0.278. The van der Waals surface area contributed by atoms with Crippen LogP contribution in [0, 0.1) is 0 Å². The minimum absolute atomic E-state index is 0.248. The Labute approximate surface area is 188 Å². The van der Waals surface area contributed by atoms with Gasteiger partial charge in [-0.05, 0) is 65.7 Å². The van der Waals surface area contributed by atoms with Gasteiger partial charge in [0.1, 0.15) is 4.91 Å². The van der Waals surface area contributed by atoms with Crippen molar-refractivity contribution in [3.05, 3.63) is 109 Å². The van der Waals surface area contributed by atoms with Gasteiger partial charge in [0.25, 0.3) is 0 Å². The molecule has 0 fully saturated rings. The zero-order chi connectivity index (χ0) is 21.0. The number of rotatable bonds is 6. The third-order valence-corrected chi connectivity index (χ3v) is 6.82. The molecule has 148 valence electrons. The van der Waals surface area contributed by atoms with E-state index in [0.29, 0.717) is 21.2 Å². The highest BCUT2D eigenvalue weighted by Crippen LogP contribution is 2.24. The maximum atomic E-state index is 13.2. The van der Waals surface area contributed by atoms with E-state index < -0.39 is 15.6 Å². The molecule has 0 unspecified atom stereocenters. The highest BCUT2D eigenvalue weighted by molar-refractivity contribution is 9.10. The molecular formula is C22H15BrCl2O3S. The summed E-state index contributed by atoms with van der Waals surface area (Å²) in [7, 11) is -3.93. The fourth-order valence-corrected chi connectivity index (χ4v) is 4.65. The predicted molar refractivity (Wildman–Crippen MR) is 122 cm³/mol. The molecule has 0 bridgehead atoms. The molecular weight excluding hydrogens is 495 g/mol. The van der Waals surface area contributed by atoms with Gasteiger partial charge in [0.05, 0.1) is 5.75 Å². The van der Waals surface area contributed by atoms with Crippen LogP contribution >= 0.6 is 39.1 Å². The van der Waals surface area contributed by atoms with Crippen LogP contribution in [-0.2, 0) is 15.6 Å². The van der Waals surface area contributed by atoms with Gasteiger partial charge in [0, 0.05) is 20.1 Å². The summed E-state index contributed by atoms with van der Waals surface area (Å²) >= 11 is 15.1. The summed E-state index contributed by atoms with van der Waals surface area (Å²) in [5.74, 6) is -0.898. The summed E-state index contributed by atoms with van der Waals surface area (Å²) in [6.45, 7) is 0. The fourth-order valence-electron chi connectivity index (χ4n) is 2.63. The van der Waals surface area contributed by atoms with E-state index in [2.05, 4.69) is 15.9 Å². The first kappa shape index (κ1) is 21.8. The summed E-state index contributed by atoms with van der Waals surface area (Å²) < 4.78 is 27.2. The molecule has 0 radical (unpaired) electrons. The van der Waals surface area contributed by atoms with E-state index in [1.807, 2.05) is 0 Å². The first-order chi connectivity index (χ1) is 13.7. The third-order valence-electron chi connectivity index (χ3n) is 4.10. The minimum Gasteiger partial charge on any atom is -0.288 e. The minimum atomic E-state index is -3.93. The first-order valence-corrected chi connectivity index (χ1v) is 11.7. The lowest BCUT2D eigenvalue weighted by Gasteiger charge is -2.10. The van der Waals surface area contributed by atoms with Crippen molar-refractivity contribution in [2.75, 3.05) is 0 Å². The van der Waals surface area contributed by atoms with Gasteiger partial charge in [-0.2, -0.15) is 0 Å². The smallest absolute Gasteiger partial charge is 0.204 e. The van der Waals surface area contributed by atoms with Crippen molar-refractivity contribution in [3.63, 3.8) is 0 Å². The van der Waals surface area contributed by atoms with Crippen molar-refractivity contribution >= 4 is 60.8 Å². The van der Waals surface area contributed by atoms with Crippen LogP contribution < -0.4 is 0 Å². The molecule has 0 saturated carbocycles. The Kier molecular flexibility index (Phi) is 6.96. The van der Waals surface area contributed by atoms with Gasteiger partial charge in [-0.1, -0.05) is 63.4 Å². The number of Topliss-reactive ketones (excluding diaryl/α,β-unsaturated/α-hetero) is 1. The number of allylic oxidation sites excluding steroid dienone is 1. The molecule has 0 aliphatic heterocycles. The molecule has 0 saturated heterocycles. The second-order valence-electron chi connectivity index (χ2n) is 6.28. The highest BCUT2D eigenvalue weighted by Gasteiger charge is 2.26. The Morgan fingerprint density at radius 2 is 1.34 bits per heavy atom. The molecule has 0 N–H and O–H groups in total. The summed E-state index contributed by atoms with van der Waals surface area (Å²) in [4.78, 5) is 12.8. The maximum Gasteiger partial charge on any atom is 0.204 e. The molecule has 0 atom stereocenters. The summed E-state index contributed by atoms with van der Waals surface area (Å²) in [5, 5.41) is 0.970. The topological polar surface area (TPSA) is 51.2 Å². The predicted octanol–water partition coefficient (Wildman–Crippen LogP) is 6.59. The van der Waals surface area contributed by atoms with Crippen molar-refractivity contribution in [2.24, 2.45) is 0 Å². The van der Waals surface area contributed by atoms with Crippen LogP contribution in [0.5, 0.6) is 0 Å². The van der Waals surface area contributed by atoms with Gasteiger partial charge < -0.3 is 0 Å².